The zero-order chi connectivity index (χ0) is 14.1. The summed E-state index contributed by atoms with van der Waals surface area (Å²) in [5.41, 5.74) is 0. The molecule has 1 saturated carbocycles. The van der Waals surface area contributed by atoms with Gasteiger partial charge in [0.15, 0.2) is 5.96 Å². The first-order valence-electron chi connectivity index (χ1n) is 7.46. The molecule has 0 bridgehead atoms. The third-order valence-corrected chi connectivity index (χ3v) is 3.16. The van der Waals surface area contributed by atoms with Crippen molar-refractivity contribution in [1.82, 2.24) is 15.5 Å². The highest BCUT2D eigenvalue weighted by Gasteiger charge is 2.28. The Morgan fingerprint density at radius 3 is 2.55 bits per heavy atom. The van der Waals surface area contributed by atoms with Crippen LogP contribution in [-0.2, 0) is 4.79 Å². The molecule has 118 valence electrons. The maximum absolute atomic E-state index is 11.5. The van der Waals surface area contributed by atoms with Crippen LogP contribution in [0.2, 0.25) is 0 Å². The van der Waals surface area contributed by atoms with Gasteiger partial charge in [-0.05, 0) is 26.2 Å². The fraction of sp³-hybridized carbons (Fsp3) is 0.857. The fourth-order valence-electron chi connectivity index (χ4n) is 1.80. The second-order valence-corrected chi connectivity index (χ2v) is 5.08. The normalized spacial score (nSPS) is 14.4. The number of nitrogens with one attached hydrogen (secondary N) is 2. The Hall–Kier alpha value is -0.530. The zero-order valence-corrected chi connectivity index (χ0v) is 15.3. The number of rotatable bonds is 8. The number of carbonyl (C=O) groups is 1. The molecule has 1 amide bonds. The van der Waals surface area contributed by atoms with E-state index in [0.717, 1.165) is 31.9 Å². The highest BCUT2D eigenvalue weighted by atomic mass is 127. The van der Waals surface area contributed by atoms with E-state index in [1.54, 1.807) is 0 Å². The van der Waals surface area contributed by atoms with Gasteiger partial charge in [0, 0.05) is 32.6 Å². The number of guanidine groups is 1. The predicted molar refractivity (Wildman–Crippen MR) is 94.7 cm³/mol. The Labute approximate surface area is 140 Å². The van der Waals surface area contributed by atoms with Crippen molar-refractivity contribution in [3.63, 3.8) is 0 Å². The van der Waals surface area contributed by atoms with Crippen LogP contribution in [0.1, 0.15) is 39.5 Å². The molecule has 0 atom stereocenters. The Morgan fingerprint density at radius 1 is 1.30 bits per heavy atom. The van der Waals surface area contributed by atoms with Crippen molar-refractivity contribution in [3.05, 3.63) is 0 Å². The molecule has 6 heteroatoms. The van der Waals surface area contributed by atoms with Crippen molar-refractivity contribution in [2.45, 2.75) is 39.5 Å². The van der Waals surface area contributed by atoms with Gasteiger partial charge in [-0.3, -0.25) is 9.79 Å². The summed E-state index contributed by atoms with van der Waals surface area (Å²) in [5.74, 6) is 1.40. The van der Waals surface area contributed by atoms with E-state index >= 15 is 0 Å². The van der Waals surface area contributed by atoms with E-state index in [4.69, 9.17) is 0 Å². The molecule has 0 aromatic heterocycles. The Kier molecular flexibility index (Phi) is 10.9. The summed E-state index contributed by atoms with van der Waals surface area (Å²) in [6.07, 6.45) is 4.45. The largest absolute Gasteiger partial charge is 0.357 e. The number of carbonyl (C=O) groups excluding carboxylic acids is 1. The average molecular weight is 396 g/mol. The molecule has 0 unspecified atom stereocenters. The van der Waals surface area contributed by atoms with Crippen molar-refractivity contribution < 1.29 is 4.79 Å². The summed E-state index contributed by atoms with van der Waals surface area (Å²) in [5, 5.41) is 6.21. The van der Waals surface area contributed by atoms with Crippen LogP contribution in [0.15, 0.2) is 4.99 Å². The number of amides is 1. The van der Waals surface area contributed by atoms with E-state index in [-0.39, 0.29) is 35.8 Å². The van der Waals surface area contributed by atoms with E-state index in [1.165, 1.54) is 12.8 Å². The van der Waals surface area contributed by atoms with Crippen LogP contribution in [0.25, 0.3) is 0 Å². The van der Waals surface area contributed by atoms with Gasteiger partial charge >= 0.3 is 0 Å². The molecular weight excluding hydrogens is 367 g/mol. The quantitative estimate of drug-likeness (QED) is 0.285. The molecule has 0 aliphatic heterocycles. The van der Waals surface area contributed by atoms with Crippen LogP contribution in [0.4, 0.5) is 0 Å². The minimum atomic E-state index is 0. The van der Waals surface area contributed by atoms with Crippen molar-refractivity contribution in [2.75, 3.05) is 33.2 Å². The molecule has 0 heterocycles. The molecule has 1 rings (SSSR count). The molecule has 2 N–H and O–H groups in total. The monoisotopic (exact) mass is 396 g/mol. The Bertz CT molecular complexity index is 306. The SMILES string of the molecule is CCCCN(C)C(=NCCNC(=O)C1CC1)NCC.I. The van der Waals surface area contributed by atoms with Crippen LogP contribution in [0.3, 0.4) is 0 Å². The maximum atomic E-state index is 11.5. The number of nitrogens with zero attached hydrogens (tertiary/aromatic N) is 2. The number of halogens is 1. The lowest BCUT2D eigenvalue weighted by atomic mass is 10.3. The molecule has 5 nitrogen and oxygen atoms in total. The van der Waals surface area contributed by atoms with E-state index in [2.05, 4.69) is 41.4 Å². The van der Waals surface area contributed by atoms with Crippen molar-refractivity contribution in [3.8, 4) is 0 Å². The van der Waals surface area contributed by atoms with Crippen molar-refractivity contribution in [2.24, 2.45) is 10.9 Å². The summed E-state index contributed by atoms with van der Waals surface area (Å²) in [4.78, 5) is 18.1. The summed E-state index contributed by atoms with van der Waals surface area (Å²) in [6, 6.07) is 0. The van der Waals surface area contributed by atoms with Crippen LogP contribution >= 0.6 is 24.0 Å². The number of hydrogen-bond acceptors (Lipinski definition) is 2. The van der Waals surface area contributed by atoms with E-state index in [9.17, 15) is 4.79 Å². The maximum Gasteiger partial charge on any atom is 0.223 e. The topological polar surface area (TPSA) is 56.7 Å². The molecule has 0 radical (unpaired) electrons. The third kappa shape index (κ3) is 7.91. The standard InChI is InChI=1S/C14H28N4O.HI/c1-4-6-11-18(3)14(15-5-2)17-10-9-16-13(19)12-7-8-12;/h12H,4-11H2,1-3H3,(H,15,17)(H,16,19);1H. The molecule has 1 aliphatic rings. The Balaban J connectivity index is 0.00000361. The zero-order valence-electron chi connectivity index (χ0n) is 12.9. The van der Waals surface area contributed by atoms with Gasteiger partial charge in [-0.15, -0.1) is 24.0 Å². The fourth-order valence-corrected chi connectivity index (χ4v) is 1.80. The minimum absolute atomic E-state index is 0. The molecule has 0 saturated heterocycles. The molecule has 0 aromatic rings. The summed E-state index contributed by atoms with van der Waals surface area (Å²) in [6.45, 7) is 7.40. The molecule has 1 fully saturated rings. The van der Waals surface area contributed by atoms with Gasteiger partial charge in [-0.25, -0.2) is 0 Å². The Morgan fingerprint density at radius 2 is 2.00 bits per heavy atom. The first-order valence-corrected chi connectivity index (χ1v) is 7.46. The summed E-state index contributed by atoms with van der Waals surface area (Å²) < 4.78 is 0. The lowest BCUT2D eigenvalue weighted by molar-refractivity contribution is -0.122. The number of hydrogen-bond donors (Lipinski definition) is 2. The number of unbranched alkanes of at least 4 members (excludes halogenated alkanes) is 1. The minimum Gasteiger partial charge on any atom is -0.357 e. The number of aliphatic imine (C=N–C) groups is 1. The first kappa shape index (κ1) is 19.5. The second kappa shape index (κ2) is 11.2. The van der Waals surface area contributed by atoms with Crippen LogP contribution < -0.4 is 10.6 Å². The molecule has 0 aromatic carbocycles. The molecule has 1 aliphatic carbocycles. The van der Waals surface area contributed by atoms with Gasteiger partial charge in [0.1, 0.15) is 0 Å². The van der Waals surface area contributed by atoms with Crippen LogP contribution in [0.5, 0.6) is 0 Å². The molecule has 0 spiro atoms. The van der Waals surface area contributed by atoms with Gasteiger partial charge in [-0.2, -0.15) is 0 Å². The lowest BCUT2D eigenvalue weighted by Crippen LogP contribution is -2.40. The smallest absolute Gasteiger partial charge is 0.223 e. The highest BCUT2D eigenvalue weighted by Crippen LogP contribution is 2.28. The van der Waals surface area contributed by atoms with Crippen molar-refractivity contribution >= 4 is 35.8 Å². The third-order valence-electron chi connectivity index (χ3n) is 3.16. The van der Waals surface area contributed by atoms with Gasteiger partial charge in [0.2, 0.25) is 5.91 Å². The average Bonchev–Trinajstić information content (AvgIpc) is 3.23. The van der Waals surface area contributed by atoms with Gasteiger partial charge in [-0.1, -0.05) is 13.3 Å². The van der Waals surface area contributed by atoms with E-state index in [0.29, 0.717) is 13.1 Å². The van der Waals surface area contributed by atoms with E-state index < -0.39 is 0 Å². The lowest BCUT2D eigenvalue weighted by Gasteiger charge is -2.21. The van der Waals surface area contributed by atoms with Gasteiger partial charge in [0.25, 0.3) is 0 Å². The van der Waals surface area contributed by atoms with E-state index in [1.807, 2.05) is 0 Å². The predicted octanol–water partition coefficient (Wildman–Crippen LogP) is 1.83. The first-order chi connectivity index (χ1) is 9.19. The highest BCUT2D eigenvalue weighted by molar-refractivity contribution is 14.0. The molecular formula is C14H29IN4O. The van der Waals surface area contributed by atoms with Crippen molar-refractivity contribution in [1.29, 1.82) is 0 Å². The van der Waals surface area contributed by atoms with Crippen LogP contribution in [-0.4, -0.2) is 50.0 Å². The second-order valence-electron chi connectivity index (χ2n) is 5.08. The van der Waals surface area contributed by atoms with Gasteiger partial charge in [0.05, 0.1) is 6.54 Å². The molecule has 20 heavy (non-hydrogen) atoms. The van der Waals surface area contributed by atoms with Crippen LogP contribution in [0, 0.1) is 5.92 Å². The summed E-state index contributed by atoms with van der Waals surface area (Å²) >= 11 is 0. The van der Waals surface area contributed by atoms with Gasteiger partial charge < -0.3 is 15.5 Å². The summed E-state index contributed by atoms with van der Waals surface area (Å²) in [7, 11) is 2.06.